The zero-order valence-electron chi connectivity index (χ0n) is 14.2. The fourth-order valence-electron chi connectivity index (χ4n) is 2.62. The summed E-state index contributed by atoms with van der Waals surface area (Å²) < 4.78 is 38.9. The van der Waals surface area contributed by atoms with E-state index in [0.717, 1.165) is 20.9 Å². The van der Waals surface area contributed by atoms with Crippen LogP contribution in [0.5, 0.6) is 0 Å². The van der Waals surface area contributed by atoms with Crippen LogP contribution in [0, 0.1) is 12.7 Å². The van der Waals surface area contributed by atoms with Crippen molar-refractivity contribution in [3.63, 3.8) is 0 Å². The minimum Gasteiger partial charge on any atom is -0.239 e. The predicted octanol–water partition coefficient (Wildman–Crippen LogP) is 6.02. The van der Waals surface area contributed by atoms with Crippen LogP contribution in [0.3, 0.4) is 0 Å². The number of halogens is 1. The molecular formula is C19H14FNO2S4. The van der Waals surface area contributed by atoms with Crippen LogP contribution in [-0.2, 0) is 15.6 Å². The quantitative estimate of drug-likeness (QED) is 0.385. The van der Waals surface area contributed by atoms with Crippen molar-refractivity contribution in [2.45, 2.75) is 16.9 Å². The Hall–Kier alpha value is -1.87. The van der Waals surface area contributed by atoms with Crippen LogP contribution in [-0.4, -0.2) is 13.4 Å². The average Bonchev–Trinajstić information content (AvgIpc) is 3.35. The molecular weight excluding hydrogens is 421 g/mol. The Labute approximate surface area is 168 Å². The number of hydrogen-bond donors (Lipinski definition) is 0. The van der Waals surface area contributed by atoms with E-state index < -0.39 is 9.84 Å². The Morgan fingerprint density at radius 2 is 1.89 bits per heavy atom. The lowest BCUT2D eigenvalue weighted by Gasteiger charge is -2.00. The molecule has 4 aromatic rings. The molecule has 27 heavy (non-hydrogen) atoms. The molecule has 0 amide bonds. The summed E-state index contributed by atoms with van der Waals surface area (Å²) in [4.78, 5) is 6.56. The number of thiazole rings is 1. The van der Waals surface area contributed by atoms with Crippen LogP contribution in [0.15, 0.2) is 57.4 Å². The molecule has 0 N–H and O–H groups in total. The van der Waals surface area contributed by atoms with Gasteiger partial charge in [0.25, 0.3) is 0 Å². The van der Waals surface area contributed by atoms with Gasteiger partial charge in [-0.15, -0.1) is 34.0 Å². The highest BCUT2D eigenvalue weighted by Gasteiger charge is 2.22. The predicted molar refractivity (Wildman–Crippen MR) is 111 cm³/mol. The summed E-state index contributed by atoms with van der Waals surface area (Å²) in [5.74, 6) is -0.459. The summed E-state index contributed by atoms with van der Waals surface area (Å²) in [6, 6.07) is 11.5. The molecule has 3 heterocycles. The number of hydrogen-bond acceptors (Lipinski definition) is 6. The lowest BCUT2D eigenvalue weighted by atomic mass is 10.1. The summed E-state index contributed by atoms with van der Waals surface area (Å²) in [5, 5.41) is 4.33. The normalized spacial score (nSPS) is 11.8. The van der Waals surface area contributed by atoms with E-state index in [0.29, 0.717) is 14.9 Å². The number of nitrogens with zero attached hydrogens (tertiary/aromatic N) is 1. The molecule has 0 saturated carbocycles. The molecule has 0 atom stereocenters. The number of aromatic nitrogens is 1. The maximum atomic E-state index is 13.3. The first kappa shape index (κ1) is 18.5. The van der Waals surface area contributed by atoms with Crippen molar-refractivity contribution in [2.24, 2.45) is 0 Å². The van der Waals surface area contributed by atoms with Gasteiger partial charge in [-0.05, 0) is 59.6 Å². The summed E-state index contributed by atoms with van der Waals surface area (Å²) in [7, 11) is -3.43. The number of sulfone groups is 1. The van der Waals surface area contributed by atoms with Gasteiger partial charge in [0.1, 0.15) is 20.8 Å². The highest BCUT2D eigenvalue weighted by molar-refractivity contribution is 7.92. The zero-order chi connectivity index (χ0) is 19.0. The Balaban J connectivity index is 1.79. The smallest absolute Gasteiger partial charge is 0.194 e. The minimum atomic E-state index is -3.43. The molecule has 4 rings (SSSR count). The van der Waals surface area contributed by atoms with Crippen molar-refractivity contribution in [1.82, 2.24) is 4.98 Å². The minimum absolute atomic E-state index is 0.142. The SMILES string of the molecule is Cc1csc(-c2sc(CS(=O)(=O)c3cccs3)nc2-c2ccc(F)cc2)c1. The Morgan fingerprint density at radius 1 is 1.11 bits per heavy atom. The van der Waals surface area contributed by atoms with Gasteiger partial charge in [0.2, 0.25) is 0 Å². The summed E-state index contributed by atoms with van der Waals surface area (Å²) in [6.45, 7) is 2.01. The number of thiophene rings is 2. The third kappa shape index (κ3) is 3.89. The molecule has 3 aromatic heterocycles. The standard InChI is InChI=1S/C19H14FNO2S4/c1-12-9-15(25-10-12)19-18(13-4-6-14(20)7-5-13)21-16(26-19)11-27(22,23)17-3-2-8-24-17/h2-10H,11H2,1H3. The maximum Gasteiger partial charge on any atom is 0.194 e. The van der Waals surface area contributed by atoms with Crippen LogP contribution in [0.4, 0.5) is 4.39 Å². The van der Waals surface area contributed by atoms with Crippen LogP contribution in [0.2, 0.25) is 0 Å². The Kier molecular flexibility index (Phi) is 4.98. The van der Waals surface area contributed by atoms with E-state index in [2.05, 4.69) is 11.1 Å². The van der Waals surface area contributed by atoms with Gasteiger partial charge >= 0.3 is 0 Å². The van der Waals surface area contributed by atoms with Crippen molar-refractivity contribution in [3.8, 4) is 21.0 Å². The molecule has 0 saturated heterocycles. The molecule has 3 nitrogen and oxygen atoms in total. The van der Waals surface area contributed by atoms with E-state index in [-0.39, 0.29) is 11.6 Å². The summed E-state index contributed by atoms with van der Waals surface area (Å²) >= 11 is 4.18. The van der Waals surface area contributed by atoms with Gasteiger partial charge in [0.05, 0.1) is 10.6 Å². The van der Waals surface area contributed by atoms with Gasteiger partial charge in [-0.3, -0.25) is 0 Å². The largest absolute Gasteiger partial charge is 0.239 e. The molecule has 0 aliphatic rings. The van der Waals surface area contributed by atoms with Crippen molar-refractivity contribution >= 4 is 43.8 Å². The summed E-state index contributed by atoms with van der Waals surface area (Å²) in [6.07, 6.45) is 0. The monoisotopic (exact) mass is 435 g/mol. The topological polar surface area (TPSA) is 47.0 Å². The first-order valence-electron chi connectivity index (χ1n) is 8.00. The number of benzene rings is 1. The number of rotatable bonds is 5. The van der Waals surface area contributed by atoms with Crippen LogP contribution in [0.1, 0.15) is 10.6 Å². The highest BCUT2D eigenvalue weighted by atomic mass is 32.2. The second-order valence-electron chi connectivity index (χ2n) is 5.97. The van der Waals surface area contributed by atoms with Crippen molar-refractivity contribution in [2.75, 3.05) is 0 Å². The maximum absolute atomic E-state index is 13.3. The van der Waals surface area contributed by atoms with E-state index in [4.69, 9.17) is 0 Å². The van der Waals surface area contributed by atoms with Gasteiger partial charge in [-0.2, -0.15) is 0 Å². The van der Waals surface area contributed by atoms with Crippen molar-refractivity contribution < 1.29 is 12.8 Å². The van der Waals surface area contributed by atoms with Crippen LogP contribution in [0.25, 0.3) is 21.0 Å². The molecule has 0 radical (unpaired) electrons. The van der Waals surface area contributed by atoms with Crippen LogP contribution >= 0.6 is 34.0 Å². The van der Waals surface area contributed by atoms with E-state index in [1.165, 1.54) is 34.8 Å². The van der Waals surface area contributed by atoms with Gasteiger partial charge < -0.3 is 0 Å². The molecule has 8 heteroatoms. The first-order chi connectivity index (χ1) is 12.9. The van der Waals surface area contributed by atoms with Gasteiger partial charge in [-0.1, -0.05) is 6.07 Å². The Bertz CT molecular complexity index is 1170. The molecule has 138 valence electrons. The zero-order valence-corrected chi connectivity index (χ0v) is 17.4. The molecule has 0 unspecified atom stereocenters. The fourth-order valence-corrected chi connectivity index (χ4v) is 7.42. The lowest BCUT2D eigenvalue weighted by Crippen LogP contribution is -2.02. The van der Waals surface area contributed by atoms with Crippen molar-refractivity contribution in [3.05, 3.63) is 69.6 Å². The van der Waals surface area contributed by atoms with E-state index in [1.54, 1.807) is 41.0 Å². The van der Waals surface area contributed by atoms with Gasteiger partial charge in [0.15, 0.2) is 9.84 Å². The Morgan fingerprint density at radius 3 is 2.52 bits per heavy atom. The number of aryl methyl sites for hydroxylation is 1. The molecule has 0 bridgehead atoms. The lowest BCUT2D eigenvalue weighted by molar-refractivity contribution is 0.597. The second-order valence-corrected chi connectivity index (χ2v) is 11.1. The van der Waals surface area contributed by atoms with Gasteiger partial charge in [-0.25, -0.2) is 17.8 Å². The molecule has 0 fully saturated rings. The highest BCUT2D eigenvalue weighted by Crippen LogP contribution is 2.40. The second kappa shape index (κ2) is 7.27. The van der Waals surface area contributed by atoms with Gasteiger partial charge in [0, 0.05) is 10.4 Å². The molecule has 1 aromatic carbocycles. The average molecular weight is 436 g/mol. The van der Waals surface area contributed by atoms with E-state index >= 15 is 0 Å². The third-order valence-electron chi connectivity index (χ3n) is 3.86. The summed E-state index contributed by atoms with van der Waals surface area (Å²) in [5.41, 5.74) is 2.60. The molecule has 0 aliphatic heterocycles. The van der Waals surface area contributed by atoms with Crippen LogP contribution < -0.4 is 0 Å². The first-order valence-corrected chi connectivity index (χ1v) is 12.2. The van der Waals surface area contributed by atoms with Crippen molar-refractivity contribution in [1.29, 1.82) is 0 Å². The van der Waals surface area contributed by atoms with E-state index in [9.17, 15) is 12.8 Å². The van der Waals surface area contributed by atoms with E-state index in [1.807, 2.05) is 12.3 Å². The molecule has 0 aliphatic carbocycles. The third-order valence-corrected chi connectivity index (χ3v) is 9.44. The molecule has 0 spiro atoms. The fraction of sp³-hybridized carbons (Fsp3) is 0.105.